The first-order valence-corrected chi connectivity index (χ1v) is 8.42. The Hall–Kier alpha value is -1.72. The molecule has 1 aliphatic carbocycles. The molecular formula is C18H25N3O2. The highest BCUT2D eigenvalue weighted by molar-refractivity contribution is 5.53. The predicted molar refractivity (Wildman–Crippen MR) is 88.7 cm³/mol. The number of rotatable bonds is 5. The molecule has 3 unspecified atom stereocenters. The van der Waals surface area contributed by atoms with Crippen molar-refractivity contribution in [2.24, 2.45) is 5.92 Å². The lowest BCUT2D eigenvalue weighted by Gasteiger charge is -2.32. The monoisotopic (exact) mass is 315 g/mol. The van der Waals surface area contributed by atoms with Crippen LogP contribution in [0.25, 0.3) is 11.4 Å². The lowest BCUT2D eigenvalue weighted by Crippen LogP contribution is -2.36. The van der Waals surface area contributed by atoms with Crippen molar-refractivity contribution in [3.8, 4) is 11.4 Å². The molecule has 1 saturated carbocycles. The Kier molecular flexibility index (Phi) is 5.08. The van der Waals surface area contributed by atoms with E-state index in [4.69, 9.17) is 4.52 Å². The van der Waals surface area contributed by atoms with Gasteiger partial charge >= 0.3 is 0 Å². The molecule has 1 N–H and O–H groups in total. The zero-order chi connectivity index (χ0) is 16.2. The second-order valence-electron chi connectivity index (χ2n) is 6.55. The van der Waals surface area contributed by atoms with Crippen LogP contribution >= 0.6 is 0 Å². The van der Waals surface area contributed by atoms with Crippen molar-refractivity contribution in [1.29, 1.82) is 0 Å². The van der Waals surface area contributed by atoms with Crippen LogP contribution < -0.4 is 0 Å². The maximum absolute atomic E-state index is 10.1. The number of hydrogen-bond acceptors (Lipinski definition) is 5. The molecule has 3 rings (SSSR count). The minimum atomic E-state index is -0.180. The molecule has 0 saturated heterocycles. The van der Waals surface area contributed by atoms with Crippen molar-refractivity contribution in [1.82, 2.24) is 15.0 Å². The molecule has 1 fully saturated rings. The third kappa shape index (κ3) is 3.79. The highest BCUT2D eigenvalue weighted by Gasteiger charge is 2.27. The van der Waals surface area contributed by atoms with Crippen molar-refractivity contribution in [3.05, 3.63) is 36.2 Å². The molecule has 1 heterocycles. The Morgan fingerprint density at radius 2 is 2.00 bits per heavy atom. The number of hydrogen-bond donors (Lipinski definition) is 1. The van der Waals surface area contributed by atoms with Crippen LogP contribution in [0.1, 0.15) is 44.5 Å². The van der Waals surface area contributed by atoms with Gasteiger partial charge in [-0.1, -0.05) is 48.3 Å². The summed E-state index contributed by atoms with van der Waals surface area (Å²) in [5.74, 6) is 1.59. The lowest BCUT2D eigenvalue weighted by molar-refractivity contribution is 0.0415. The molecule has 0 bridgehead atoms. The summed E-state index contributed by atoms with van der Waals surface area (Å²) in [5.41, 5.74) is 0.958. The van der Waals surface area contributed by atoms with E-state index in [0.29, 0.717) is 17.6 Å². The van der Waals surface area contributed by atoms with Gasteiger partial charge in [0.1, 0.15) is 0 Å². The predicted octanol–water partition coefficient (Wildman–Crippen LogP) is 3.28. The molecule has 124 valence electrons. The lowest BCUT2D eigenvalue weighted by atomic mass is 9.86. The van der Waals surface area contributed by atoms with Gasteiger partial charge in [0, 0.05) is 12.1 Å². The Morgan fingerprint density at radius 1 is 1.26 bits per heavy atom. The van der Waals surface area contributed by atoms with E-state index >= 15 is 0 Å². The van der Waals surface area contributed by atoms with Crippen molar-refractivity contribution in [2.45, 2.75) is 44.8 Å². The zero-order valence-electron chi connectivity index (χ0n) is 13.9. The number of aliphatic hydroxyl groups excluding tert-OH is 1. The summed E-state index contributed by atoms with van der Waals surface area (Å²) in [7, 11) is 2.05. The molecule has 0 spiro atoms. The van der Waals surface area contributed by atoms with E-state index in [1.807, 2.05) is 30.3 Å². The van der Waals surface area contributed by atoms with Gasteiger partial charge in [0.2, 0.25) is 11.7 Å². The Balaban J connectivity index is 1.65. The fourth-order valence-electron chi connectivity index (χ4n) is 3.23. The molecule has 2 aromatic rings. The van der Waals surface area contributed by atoms with Crippen LogP contribution in [-0.4, -0.2) is 39.8 Å². The van der Waals surface area contributed by atoms with Crippen molar-refractivity contribution < 1.29 is 9.63 Å². The smallest absolute Gasteiger partial charge is 0.244 e. The molecule has 23 heavy (non-hydrogen) atoms. The number of aliphatic hydroxyl groups is 1. The summed E-state index contributed by atoms with van der Waals surface area (Å²) < 4.78 is 5.45. The van der Waals surface area contributed by atoms with Gasteiger partial charge in [-0.15, -0.1) is 0 Å². The first-order valence-electron chi connectivity index (χ1n) is 8.42. The van der Waals surface area contributed by atoms with Gasteiger partial charge in [0.05, 0.1) is 12.1 Å². The average molecular weight is 315 g/mol. The first kappa shape index (κ1) is 16.1. The summed E-state index contributed by atoms with van der Waals surface area (Å²) in [6, 6.07) is 9.88. The summed E-state index contributed by atoms with van der Waals surface area (Å²) in [5, 5.41) is 14.2. The van der Waals surface area contributed by atoms with Gasteiger partial charge in [-0.2, -0.15) is 4.98 Å². The fourth-order valence-corrected chi connectivity index (χ4v) is 3.23. The van der Waals surface area contributed by atoms with Crippen LogP contribution in [0.5, 0.6) is 0 Å². The average Bonchev–Trinajstić information content (AvgIpc) is 3.07. The van der Waals surface area contributed by atoms with E-state index < -0.39 is 0 Å². The van der Waals surface area contributed by atoms with Crippen LogP contribution in [0, 0.1) is 5.92 Å². The van der Waals surface area contributed by atoms with E-state index in [1.165, 1.54) is 6.42 Å². The molecule has 3 atom stereocenters. The summed E-state index contributed by atoms with van der Waals surface area (Å²) in [6.07, 6.45) is 4.19. The van der Waals surface area contributed by atoms with E-state index in [-0.39, 0.29) is 12.1 Å². The quantitative estimate of drug-likeness (QED) is 0.917. The van der Waals surface area contributed by atoms with Gasteiger partial charge in [0.15, 0.2) is 0 Å². The maximum Gasteiger partial charge on any atom is 0.244 e. The minimum Gasteiger partial charge on any atom is -0.393 e. The number of benzene rings is 1. The minimum absolute atomic E-state index is 0.0362. The second kappa shape index (κ2) is 7.23. The third-order valence-corrected chi connectivity index (χ3v) is 4.88. The fraction of sp³-hybridized carbons (Fsp3) is 0.556. The first-order chi connectivity index (χ1) is 11.1. The van der Waals surface area contributed by atoms with Gasteiger partial charge in [-0.3, -0.25) is 4.90 Å². The summed E-state index contributed by atoms with van der Waals surface area (Å²) in [4.78, 5) is 6.73. The van der Waals surface area contributed by atoms with Crippen molar-refractivity contribution in [3.63, 3.8) is 0 Å². The van der Waals surface area contributed by atoms with E-state index in [2.05, 4.69) is 29.0 Å². The van der Waals surface area contributed by atoms with E-state index in [0.717, 1.165) is 31.4 Å². The van der Waals surface area contributed by atoms with E-state index in [9.17, 15) is 5.11 Å². The van der Waals surface area contributed by atoms with Gasteiger partial charge in [-0.25, -0.2) is 0 Å². The Labute approximate surface area is 137 Å². The van der Waals surface area contributed by atoms with Crippen LogP contribution in [0.3, 0.4) is 0 Å². The highest BCUT2D eigenvalue weighted by Crippen LogP contribution is 2.28. The standard InChI is InChI=1S/C18H25N3O2/c1-13(21(2)12-15-10-6-7-11-16(15)22)18-19-17(20-23-18)14-8-4-3-5-9-14/h3-5,8-9,13,15-16,22H,6-7,10-12H2,1-2H3. The topological polar surface area (TPSA) is 62.4 Å². The molecule has 0 radical (unpaired) electrons. The number of aromatic nitrogens is 2. The second-order valence-corrected chi connectivity index (χ2v) is 6.55. The van der Waals surface area contributed by atoms with Crippen molar-refractivity contribution >= 4 is 0 Å². The van der Waals surface area contributed by atoms with Crippen LogP contribution in [0.4, 0.5) is 0 Å². The molecular weight excluding hydrogens is 290 g/mol. The molecule has 5 heteroatoms. The summed E-state index contributed by atoms with van der Waals surface area (Å²) in [6.45, 7) is 2.92. The molecule has 1 aromatic carbocycles. The molecule has 0 amide bonds. The normalized spacial score (nSPS) is 23.1. The van der Waals surface area contributed by atoms with Gasteiger partial charge < -0.3 is 9.63 Å². The maximum atomic E-state index is 10.1. The van der Waals surface area contributed by atoms with Gasteiger partial charge in [0.25, 0.3) is 0 Å². The summed E-state index contributed by atoms with van der Waals surface area (Å²) >= 11 is 0. The Bertz CT molecular complexity index is 614. The van der Waals surface area contributed by atoms with Crippen molar-refractivity contribution in [2.75, 3.05) is 13.6 Å². The van der Waals surface area contributed by atoms with Gasteiger partial charge in [-0.05, 0) is 32.7 Å². The third-order valence-electron chi connectivity index (χ3n) is 4.88. The molecule has 5 nitrogen and oxygen atoms in total. The largest absolute Gasteiger partial charge is 0.393 e. The Morgan fingerprint density at radius 3 is 2.74 bits per heavy atom. The number of nitrogens with zero attached hydrogens (tertiary/aromatic N) is 3. The molecule has 1 aliphatic rings. The zero-order valence-corrected chi connectivity index (χ0v) is 13.9. The van der Waals surface area contributed by atoms with Crippen LogP contribution in [0.2, 0.25) is 0 Å². The van der Waals surface area contributed by atoms with Crippen LogP contribution in [-0.2, 0) is 0 Å². The van der Waals surface area contributed by atoms with E-state index in [1.54, 1.807) is 0 Å². The molecule has 0 aliphatic heterocycles. The highest BCUT2D eigenvalue weighted by atomic mass is 16.5. The molecule has 1 aromatic heterocycles. The SMILES string of the molecule is CC(c1nc(-c2ccccc2)no1)N(C)CC1CCCCC1O. The van der Waals surface area contributed by atoms with Crippen LogP contribution in [0.15, 0.2) is 34.9 Å².